The molecular formula is C21H23N5O. The molecule has 0 aromatic carbocycles. The van der Waals surface area contributed by atoms with Crippen LogP contribution in [0, 0.1) is 0 Å². The molecule has 138 valence electrons. The van der Waals surface area contributed by atoms with Gasteiger partial charge < -0.3 is 11.1 Å². The lowest BCUT2D eigenvalue weighted by atomic mass is 10.0. The molecule has 0 aliphatic rings. The Hall–Kier alpha value is -3.12. The zero-order valence-electron chi connectivity index (χ0n) is 15.1. The molecule has 6 nitrogen and oxygen atoms in total. The number of carbonyl (C=O) groups is 1. The summed E-state index contributed by atoms with van der Waals surface area (Å²) in [6, 6.07) is 10.9. The van der Waals surface area contributed by atoms with Crippen molar-refractivity contribution >= 4 is 5.91 Å². The van der Waals surface area contributed by atoms with Crippen LogP contribution in [-0.2, 0) is 24.1 Å². The van der Waals surface area contributed by atoms with Crippen molar-refractivity contribution in [3.63, 3.8) is 0 Å². The highest BCUT2D eigenvalue weighted by Gasteiger charge is 2.18. The van der Waals surface area contributed by atoms with Crippen LogP contribution in [0.1, 0.15) is 28.4 Å². The van der Waals surface area contributed by atoms with Gasteiger partial charge in [0.15, 0.2) is 0 Å². The number of nitrogens with one attached hydrogen (secondary N) is 1. The third-order valence-electron chi connectivity index (χ3n) is 4.42. The average molecular weight is 361 g/mol. The van der Waals surface area contributed by atoms with E-state index in [0.29, 0.717) is 12.2 Å². The number of amides is 1. The molecule has 1 atom stereocenters. The molecule has 6 heteroatoms. The number of aryl methyl sites for hydroxylation is 2. The second kappa shape index (κ2) is 9.54. The zero-order chi connectivity index (χ0) is 18.9. The van der Waals surface area contributed by atoms with Crippen molar-refractivity contribution < 1.29 is 4.79 Å². The number of hydrogen-bond donors (Lipinski definition) is 2. The number of nitrogens with zero attached hydrogens (tertiary/aromatic N) is 3. The molecule has 1 amide bonds. The number of aromatic nitrogens is 3. The molecule has 0 spiro atoms. The van der Waals surface area contributed by atoms with Crippen LogP contribution in [0.4, 0.5) is 0 Å². The molecule has 0 fully saturated rings. The maximum atomic E-state index is 11.8. The highest BCUT2D eigenvalue weighted by atomic mass is 16.1. The number of nitrogens with two attached hydrogens (primary N) is 1. The number of carbonyl (C=O) groups excluding carboxylic acids is 1. The molecule has 0 bridgehead atoms. The van der Waals surface area contributed by atoms with E-state index in [2.05, 4.69) is 26.3 Å². The fourth-order valence-electron chi connectivity index (χ4n) is 3.00. The van der Waals surface area contributed by atoms with Crippen molar-refractivity contribution in [1.82, 2.24) is 20.3 Å². The number of primary amides is 1. The predicted octanol–water partition coefficient (Wildman–Crippen LogP) is 2.02. The summed E-state index contributed by atoms with van der Waals surface area (Å²) in [4.78, 5) is 24.4. The van der Waals surface area contributed by atoms with Crippen LogP contribution < -0.4 is 11.1 Å². The number of rotatable bonds is 9. The fourth-order valence-corrected chi connectivity index (χ4v) is 3.00. The van der Waals surface area contributed by atoms with Gasteiger partial charge in [0.25, 0.3) is 0 Å². The Morgan fingerprint density at radius 3 is 2.56 bits per heavy atom. The maximum Gasteiger partial charge on any atom is 0.240 e. The van der Waals surface area contributed by atoms with E-state index in [0.717, 1.165) is 19.3 Å². The standard InChI is InChI=1S/C21H23N5O/c22-21(27)20(19-5-1-2-11-25-19)26-13-9-17-8-12-24-15-18(17)7-6-16-4-3-10-23-14-16/h1-5,8,10-12,14-15,20,26H,6-7,9,13H2,(H2,22,27). The van der Waals surface area contributed by atoms with Crippen LogP contribution in [0.15, 0.2) is 67.4 Å². The van der Waals surface area contributed by atoms with Gasteiger partial charge in [-0.05, 0) is 60.2 Å². The highest BCUT2D eigenvalue weighted by molar-refractivity contribution is 5.80. The summed E-state index contributed by atoms with van der Waals surface area (Å²) in [6.07, 6.45) is 11.6. The summed E-state index contributed by atoms with van der Waals surface area (Å²) in [7, 11) is 0. The molecule has 3 aromatic rings. The van der Waals surface area contributed by atoms with E-state index in [1.54, 1.807) is 24.7 Å². The van der Waals surface area contributed by atoms with Crippen molar-refractivity contribution in [2.24, 2.45) is 5.73 Å². The van der Waals surface area contributed by atoms with Gasteiger partial charge in [-0.15, -0.1) is 0 Å². The van der Waals surface area contributed by atoms with Crippen LogP contribution in [0.25, 0.3) is 0 Å². The van der Waals surface area contributed by atoms with E-state index in [9.17, 15) is 4.79 Å². The van der Waals surface area contributed by atoms with Gasteiger partial charge in [-0.1, -0.05) is 12.1 Å². The smallest absolute Gasteiger partial charge is 0.240 e. The molecule has 0 radical (unpaired) electrons. The quantitative estimate of drug-likeness (QED) is 0.608. The molecule has 0 saturated heterocycles. The summed E-state index contributed by atoms with van der Waals surface area (Å²) < 4.78 is 0. The second-order valence-electron chi connectivity index (χ2n) is 6.30. The van der Waals surface area contributed by atoms with Crippen LogP contribution >= 0.6 is 0 Å². The average Bonchev–Trinajstić information content (AvgIpc) is 2.71. The molecule has 0 aliphatic carbocycles. The van der Waals surface area contributed by atoms with Crippen LogP contribution in [0.2, 0.25) is 0 Å². The van der Waals surface area contributed by atoms with E-state index in [1.807, 2.05) is 36.7 Å². The van der Waals surface area contributed by atoms with Gasteiger partial charge >= 0.3 is 0 Å². The maximum absolute atomic E-state index is 11.8. The minimum absolute atomic E-state index is 0.430. The SMILES string of the molecule is NC(=O)C(NCCc1ccncc1CCc1cccnc1)c1ccccn1. The van der Waals surface area contributed by atoms with E-state index in [1.165, 1.54) is 16.7 Å². The van der Waals surface area contributed by atoms with Crippen LogP contribution in [0.3, 0.4) is 0 Å². The van der Waals surface area contributed by atoms with E-state index >= 15 is 0 Å². The molecule has 1 unspecified atom stereocenters. The summed E-state index contributed by atoms with van der Waals surface area (Å²) in [5, 5.41) is 3.22. The molecule has 27 heavy (non-hydrogen) atoms. The summed E-state index contributed by atoms with van der Waals surface area (Å²) in [5.74, 6) is -0.430. The molecule has 3 N–H and O–H groups in total. The van der Waals surface area contributed by atoms with Crippen LogP contribution in [0.5, 0.6) is 0 Å². The molecule has 0 saturated carbocycles. The zero-order valence-corrected chi connectivity index (χ0v) is 15.1. The lowest BCUT2D eigenvalue weighted by Crippen LogP contribution is -2.35. The van der Waals surface area contributed by atoms with Crippen molar-refractivity contribution in [1.29, 1.82) is 0 Å². The summed E-state index contributed by atoms with van der Waals surface area (Å²) in [6.45, 7) is 0.619. The molecule has 0 aliphatic heterocycles. The Balaban J connectivity index is 1.60. The number of hydrogen-bond acceptors (Lipinski definition) is 5. The first-order valence-electron chi connectivity index (χ1n) is 8.98. The Morgan fingerprint density at radius 1 is 0.926 bits per heavy atom. The lowest BCUT2D eigenvalue weighted by Gasteiger charge is -2.15. The largest absolute Gasteiger partial charge is 0.368 e. The Labute approximate surface area is 158 Å². The lowest BCUT2D eigenvalue weighted by molar-refractivity contribution is -0.120. The molecular weight excluding hydrogens is 338 g/mol. The van der Waals surface area contributed by atoms with Crippen molar-refractivity contribution in [2.45, 2.75) is 25.3 Å². The third kappa shape index (κ3) is 5.43. The highest BCUT2D eigenvalue weighted by Crippen LogP contribution is 2.13. The van der Waals surface area contributed by atoms with Crippen LogP contribution in [-0.4, -0.2) is 27.4 Å². The normalized spacial score (nSPS) is 11.9. The Kier molecular flexibility index (Phi) is 6.60. The van der Waals surface area contributed by atoms with Gasteiger partial charge in [0.2, 0.25) is 5.91 Å². The minimum atomic E-state index is -0.591. The Morgan fingerprint density at radius 2 is 1.81 bits per heavy atom. The van der Waals surface area contributed by atoms with Crippen molar-refractivity contribution in [3.8, 4) is 0 Å². The topological polar surface area (TPSA) is 93.8 Å². The van der Waals surface area contributed by atoms with E-state index < -0.39 is 11.9 Å². The van der Waals surface area contributed by atoms with Crippen molar-refractivity contribution in [3.05, 3.63) is 89.8 Å². The van der Waals surface area contributed by atoms with E-state index in [4.69, 9.17) is 5.73 Å². The van der Waals surface area contributed by atoms with Gasteiger partial charge in [0.1, 0.15) is 6.04 Å². The minimum Gasteiger partial charge on any atom is -0.368 e. The monoisotopic (exact) mass is 361 g/mol. The van der Waals surface area contributed by atoms with Gasteiger partial charge in [0, 0.05) is 37.5 Å². The van der Waals surface area contributed by atoms with Crippen molar-refractivity contribution in [2.75, 3.05) is 6.54 Å². The second-order valence-corrected chi connectivity index (χ2v) is 6.30. The molecule has 3 rings (SSSR count). The van der Waals surface area contributed by atoms with Gasteiger partial charge in [-0.25, -0.2) is 0 Å². The first-order chi connectivity index (χ1) is 13.2. The summed E-state index contributed by atoms with van der Waals surface area (Å²) in [5.41, 5.74) is 9.79. The number of pyridine rings is 3. The Bertz CT molecular complexity index is 855. The predicted molar refractivity (Wildman–Crippen MR) is 104 cm³/mol. The molecule has 3 aromatic heterocycles. The fraction of sp³-hybridized carbons (Fsp3) is 0.238. The summed E-state index contributed by atoms with van der Waals surface area (Å²) >= 11 is 0. The van der Waals surface area contributed by atoms with Gasteiger partial charge in [-0.2, -0.15) is 0 Å². The first-order valence-corrected chi connectivity index (χ1v) is 8.98. The first kappa shape index (κ1) is 18.7. The van der Waals surface area contributed by atoms with Gasteiger partial charge in [-0.3, -0.25) is 19.7 Å². The molecule has 3 heterocycles. The van der Waals surface area contributed by atoms with E-state index in [-0.39, 0.29) is 0 Å². The third-order valence-corrected chi connectivity index (χ3v) is 4.42. The van der Waals surface area contributed by atoms with Gasteiger partial charge in [0.05, 0.1) is 5.69 Å².